The number of anilines is 2. The zero-order valence-corrected chi connectivity index (χ0v) is 13.4. The minimum absolute atomic E-state index is 0.0694. The molecule has 0 aliphatic heterocycles. The molecule has 1 unspecified atom stereocenters. The minimum Gasteiger partial charge on any atom is -0.399 e. The Morgan fingerprint density at radius 3 is 2.65 bits per heavy atom. The average molecular weight is 319 g/mol. The van der Waals surface area contributed by atoms with Gasteiger partial charge >= 0.3 is 0 Å². The minimum atomic E-state index is -3.61. The second kappa shape index (κ2) is 6.66. The highest BCUT2D eigenvalue weighted by Crippen LogP contribution is 2.24. The summed E-state index contributed by atoms with van der Waals surface area (Å²) in [5.41, 5.74) is 5.48. The quantitative estimate of drug-likeness (QED) is 0.552. The largest absolute Gasteiger partial charge is 0.399 e. The first kappa shape index (κ1) is 17.1. The van der Waals surface area contributed by atoms with E-state index in [0.29, 0.717) is 17.1 Å². The van der Waals surface area contributed by atoms with Crippen LogP contribution in [0.4, 0.5) is 11.4 Å². The van der Waals surface area contributed by atoms with Crippen LogP contribution in [0.25, 0.3) is 0 Å². The van der Waals surface area contributed by atoms with Crippen LogP contribution in [0.1, 0.15) is 6.92 Å². The van der Waals surface area contributed by atoms with Gasteiger partial charge in [-0.2, -0.15) is 11.8 Å². The molecular weight excluding hydrogens is 298 g/mol. The van der Waals surface area contributed by atoms with Crippen molar-refractivity contribution in [3.8, 4) is 0 Å². The van der Waals surface area contributed by atoms with Crippen molar-refractivity contribution in [3.05, 3.63) is 18.2 Å². The lowest BCUT2D eigenvalue weighted by Crippen LogP contribution is -2.36. The first-order chi connectivity index (χ1) is 9.22. The standard InChI is InChI=1S/C12H21N3O3S2/c1-12(16,8-19-3)7-15-10-5-4-9(13)6-11(10)20(17,18)14-2/h4-6,14-16H,7-8,13H2,1-3H3. The maximum absolute atomic E-state index is 12.0. The Hall–Kier alpha value is -0.960. The maximum atomic E-state index is 12.0. The zero-order valence-electron chi connectivity index (χ0n) is 11.8. The summed E-state index contributed by atoms with van der Waals surface area (Å²) < 4.78 is 26.2. The number of nitrogens with one attached hydrogen (secondary N) is 2. The Balaban J connectivity index is 3.02. The normalized spacial score (nSPS) is 14.8. The van der Waals surface area contributed by atoms with Gasteiger partial charge in [0.25, 0.3) is 0 Å². The van der Waals surface area contributed by atoms with E-state index in [1.807, 2.05) is 6.26 Å². The molecule has 0 aliphatic carbocycles. The van der Waals surface area contributed by atoms with Crippen molar-refractivity contribution in [1.82, 2.24) is 4.72 Å². The number of aliphatic hydroxyl groups is 1. The van der Waals surface area contributed by atoms with Crippen LogP contribution in [0.5, 0.6) is 0 Å². The summed E-state index contributed by atoms with van der Waals surface area (Å²) in [4.78, 5) is 0.0694. The van der Waals surface area contributed by atoms with E-state index in [2.05, 4.69) is 10.0 Å². The third-order valence-electron chi connectivity index (χ3n) is 2.68. The first-order valence-corrected chi connectivity index (χ1v) is 8.88. The summed E-state index contributed by atoms with van der Waals surface area (Å²) in [6, 6.07) is 4.59. The number of hydrogen-bond donors (Lipinski definition) is 4. The summed E-state index contributed by atoms with van der Waals surface area (Å²) >= 11 is 1.52. The van der Waals surface area contributed by atoms with E-state index in [1.54, 1.807) is 19.1 Å². The molecule has 114 valence electrons. The predicted octanol–water partition coefficient (Wildman–Crippen LogP) is 0.703. The topological polar surface area (TPSA) is 104 Å². The van der Waals surface area contributed by atoms with Crippen molar-refractivity contribution in [2.24, 2.45) is 0 Å². The Morgan fingerprint density at radius 1 is 1.45 bits per heavy atom. The molecule has 0 bridgehead atoms. The molecule has 0 saturated heterocycles. The van der Waals surface area contributed by atoms with Gasteiger partial charge in [-0.3, -0.25) is 0 Å². The maximum Gasteiger partial charge on any atom is 0.242 e. The van der Waals surface area contributed by atoms with Crippen LogP contribution in [0.2, 0.25) is 0 Å². The van der Waals surface area contributed by atoms with Crippen LogP contribution < -0.4 is 15.8 Å². The SMILES string of the molecule is CNS(=O)(=O)c1cc(N)ccc1NCC(C)(O)CSC. The summed E-state index contributed by atoms with van der Waals surface area (Å²) in [7, 11) is -2.27. The summed E-state index contributed by atoms with van der Waals surface area (Å²) in [6.45, 7) is 1.93. The first-order valence-electron chi connectivity index (χ1n) is 6.00. The molecule has 0 amide bonds. The summed E-state index contributed by atoms with van der Waals surface area (Å²) in [6.07, 6.45) is 1.90. The van der Waals surface area contributed by atoms with Crippen LogP contribution in [0, 0.1) is 0 Å². The van der Waals surface area contributed by atoms with Crippen molar-refractivity contribution in [1.29, 1.82) is 0 Å². The molecule has 0 aliphatic rings. The Bertz CT molecular complexity index is 559. The second-order valence-corrected chi connectivity index (χ2v) is 7.47. The number of hydrogen-bond acceptors (Lipinski definition) is 6. The highest BCUT2D eigenvalue weighted by atomic mass is 32.2. The van der Waals surface area contributed by atoms with Gasteiger partial charge < -0.3 is 16.2 Å². The van der Waals surface area contributed by atoms with Gasteiger partial charge in [-0.15, -0.1) is 0 Å². The number of rotatable bonds is 7. The Labute approximate surface area is 124 Å². The van der Waals surface area contributed by atoms with E-state index in [0.717, 1.165) is 0 Å². The van der Waals surface area contributed by atoms with E-state index in [4.69, 9.17) is 5.73 Å². The van der Waals surface area contributed by atoms with E-state index >= 15 is 0 Å². The molecule has 0 radical (unpaired) electrons. The zero-order chi connectivity index (χ0) is 15.4. The molecular formula is C12H21N3O3S2. The molecule has 6 nitrogen and oxygen atoms in total. The number of thioether (sulfide) groups is 1. The number of nitrogen functional groups attached to an aromatic ring is 1. The molecule has 8 heteroatoms. The smallest absolute Gasteiger partial charge is 0.242 e. The molecule has 1 rings (SSSR count). The fraction of sp³-hybridized carbons (Fsp3) is 0.500. The predicted molar refractivity (Wildman–Crippen MR) is 84.6 cm³/mol. The van der Waals surface area contributed by atoms with Gasteiger partial charge in [-0.25, -0.2) is 13.1 Å². The van der Waals surface area contributed by atoms with Gasteiger partial charge in [0.15, 0.2) is 0 Å². The van der Waals surface area contributed by atoms with Crippen LogP contribution >= 0.6 is 11.8 Å². The van der Waals surface area contributed by atoms with Crippen LogP contribution in [0.15, 0.2) is 23.1 Å². The fourth-order valence-electron chi connectivity index (χ4n) is 1.66. The number of nitrogens with two attached hydrogens (primary N) is 1. The third kappa shape index (κ3) is 4.55. The lowest BCUT2D eigenvalue weighted by Gasteiger charge is -2.24. The molecule has 0 saturated carbocycles. The Kier molecular flexibility index (Phi) is 5.69. The lowest BCUT2D eigenvalue weighted by atomic mass is 10.1. The van der Waals surface area contributed by atoms with Crippen molar-refractivity contribution in [2.75, 3.05) is 36.7 Å². The van der Waals surface area contributed by atoms with Crippen LogP contribution in [0.3, 0.4) is 0 Å². The second-order valence-electron chi connectivity index (χ2n) is 4.75. The molecule has 1 atom stereocenters. The molecule has 1 aromatic rings. The van der Waals surface area contributed by atoms with Gasteiger partial charge in [0.2, 0.25) is 10.0 Å². The van der Waals surface area contributed by atoms with E-state index in [-0.39, 0.29) is 11.4 Å². The molecule has 5 N–H and O–H groups in total. The molecule has 20 heavy (non-hydrogen) atoms. The Morgan fingerprint density at radius 2 is 2.10 bits per heavy atom. The lowest BCUT2D eigenvalue weighted by molar-refractivity contribution is 0.0996. The highest BCUT2D eigenvalue weighted by molar-refractivity contribution is 7.98. The van der Waals surface area contributed by atoms with Crippen molar-refractivity contribution < 1.29 is 13.5 Å². The number of sulfonamides is 1. The monoisotopic (exact) mass is 319 g/mol. The highest BCUT2D eigenvalue weighted by Gasteiger charge is 2.22. The van der Waals surface area contributed by atoms with Gasteiger partial charge in [-0.05, 0) is 38.4 Å². The van der Waals surface area contributed by atoms with Crippen molar-refractivity contribution in [3.63, 3.8) is 0 Å². The molecule has 1 aromatic carbocycles. The van der Waals surface area contributed by atoms with Gasteiger partial charge in [0.05, 0.1) is 11.3 Å². The van der Waals surface area contributed by atoms with Crippen molar-refractivity contribution >= 4 is 33.2 Å². The van der Waals surface area contributed by atoms with Crippen molar-refractivity contribution in [2.45, 2.75) is 17.4 Å². The van der Waals surface area contributed by atoms with E-state index < -0.39 is 15.6 Å². The van der Waals surface area contributed by atoms with Crippen LogP contribution in [-0.2, 0) is 10.0 Å². The molecule has 0 fully saturated rings. The molecule has 0 spiro atoms. The molecule has 0 aromatic heterocycles. The van der Waals surface area contributed by atoms with Gasteiger partial charge in [0, 0.05) is 18.0 Å². The molecule has 0 heterocycles. The fourth-order valence-corrected chi connectivity index (χ4v) is 3.33. The number of benzene rings is 1. The van der Waals surface area contributed by atoms with Gasteiger partial charge in [0.1, 0.15) is 4.90 Å². The van der Waals surface area contributed by atoms with E-state index in [9.17, 15) is 13.5 Å². The van der Waals surface area contributed by atoms with Crippen LogP contribution in [-0.4, -0.2) is 44.7 Å². The van der Waals surface area contributed by atoms with E-state index in [1.165, 1.54) is 24.9 Å². The van der Waals surface area contributed by atoms with Gasteiger partial charge in [-0.1, -0.05) is 0 Å². The summed E-state index contributed by atoms with van der Waals surface area (Å²) in [5.74, 6) is 0.545. The summed E-state index contributed by atoms with van der Waals surface area (Å²) in [5, 5.41) is 13.1. The average Bonchev–Trinajstić information content (AvgIpc) is 2.37. The third-order valence-corrected chi connectivity index (χ3v) is 5.04.